The maximum absolute atomic E-state index is 12.9. The van der Waals surface area contributed by atoms with Crippen LogP contribution in [0, 0.1) is 6.92 Å². The number of rotatable bonds is 5. The molecule has 3 rings (SSSR count). The van der Waals surface area contributed by atoms with E-state index in [1.54, 1.807) is 11.8 Å². The second-order valence-electron chi connectivity index (χ2n) is 6.85. The number of hydrogen-bond acceptors (Lipinski definition) is 3. The summed E-state index contributed by atoms with van der Waals surface area (Å²) in [7, 11) is 0. The summed E-state index contributed by atoms with van der Waals surface area (Å²) in [6.07, 6.45) is 4.45. The lowest BCUT2D eigenvalue weighted by molar-refractivity contribution is -0.143. The molecule has 1 aromatic carbocycles. The molecule has 0 bridgehead atoms. The molecule has 1 aliphatic heterocycles. The van der Waals surface area contributed by atoms with Gasteiger partial charge in [0.05, 0.1) is 12.6 Å². The number of nitrogens with zero attached hydrogens (tertiary/aromatic N) is 1. The first kappa shape index (κ1) is 18.0. The van der Waals surface area contributed by atoms with Crippen molar-refractivity contribution < 1.29 is 14.0 Å². The minimum Gasteiger partial charge on any atom is -0.465 e. The van der Waals surface area contributed by atoms with Crippen LogP contribution in [0.3, 0.4) is 0 Å². The molecule has 0 aliphatic carbocycles. The molecule has 0 saturated carbocycles. The Labute approximate surface area is 153 Å². The van der Waals surface area contributed by atoms with Gasteiger partial charge in [-0.05, 0) is 38.0 Å². The average Bonchev–Trinajstić information content (AvgIpc) is 3.17. The van der Waals surface area contributed by atoms with Crippen LogP contribution in [0.25, 0.3) is 0 Å². The highest BCUT2D eigenvalue weighted by Crippen LogP contribution is 2.30. The lowest BCUT2D eigenvalue weighted by Gasteiger charge is -2.36. The van der Waals surface area contributed by atoms with Crippen LogP contribution < -0.4 is 5.32 Å². The maximum Gasteiger partial charge on any atom is 0.250 e. The Morgan fingerprint density at radius 2 is 1.92 bits per heavy atom. The van der Waals surface area contributed by atoms with Gasteiger partial charge in [-0.25, -0.2) is 0 Å². The van der Waals surface area contributed by atoms with Crippen LogP contribution in [0.2, 0.25) is 0 Å². The predicted molar refractivity (Wildman–Crippen MR) is 99.3 cm³/mol. The Kier molecular flexibility index (Phi) is 4.98. The molecule has 1 aliphatic rings. The van der Waals surface area contributed by atoms with Gasteiger partial charge in [-0.2, -0.15) is 0 Å². The zero-order chi connectivity index (χ0) is 18.7. The first-order chi connectivity index (χ1) is 12.4. The highest BCUT2D eigenvalue weighted by Gasteiger charge is 2.45. The van der Waals surface area contributed by atoms with Gasteiger partial charge in [0.1, 0.15) is 17.1 Å². The zero-order valence-corrected chi connectivity index (χ0v) is 15.4. The first-order valence-corrected chi connectivity index (χ1v) is 8.77. The Morgan fingerprint density at radius 3 is 2.54 bits per heavy atom. The fourth-order valence-corrected chi connectivity index (χ4v) is 3.50. The molecule has 0 radical (unpaired) electrons. The van der Waals surface area contributed by atoms with E-state index in [4.69, 9.17) is 4.42 Å². The number of carbonyl (C=O) groups is 2. The minimum atomic E-state index is -1.01. The molecular weight excluding hydrogens is 328 g/mol. The van der Waals surface area contributed by atoms with Crippen molar-refractivity contribution in [3.63, 3.8) is 0 Å². The molecule has 136 valence electrons. The topological polar surface area (TPSA) is 62.6 Å². The summed E-state index contributed by atoms with van der Waals surface area (Å²) in [6, 6.07) is 13.5. The van der Waals surface area contributed by atoms with Crippen molar-refractivity contribution in [2.75, 3.05) is 0 Å². The van der Waals surface area contributed by atoms with E-state index >= 15 is 0 Å². The van der Waals surface area contributed by atoms with Crippen molar-refractivity contribution >= 4 is 11.8 Å². The molecule has 2 heterocycles. The molecule has 0 unspecified atom stereocenters. The van der Waals surface area contributed by atoms with E-state index < -0.39 is 5.54 Å². The maximum atomic E-state index is 12.9. The SMILES string of the molecule is CC(=O)N1[C@H](Cc2ccccc2)C=C[C@]1(C)C(=O)NCc1ccc(C)o1. The Balaban J connectivity index is 1.73. The van der Waals surface area contributed by atoms with Crippen LogP contribution in [0.1, 0.15) is 30.9 Å². The highest BCUT2D eigenvalue weighted by atomic mass is 16.3. The third kappa shape index (κ3) is 3.57. The fraction of sp³-hybridized carbons (Fsp3) is 0.333. The minimum absolute atomic E-state index is 0.123. The lowest BCUT2D eigenvalue weighted by atomic mass is 10.00. The van der Waals surface area contributed by atoms with Crippen LogP contribution in [0.15, 0.2) is 59.0 Å². The molecular formula is C21H24N2O3. The molecule has 1 N–H and O–H groups in total. The number of furan rings is 1. The van der Waals surface area contributed by atoms with E-state index in [-0.39, 0.29) is 17.9 Å². The standard InChI is InChI=1S/C21H24N2O3/c1-15-9-10-19(26-15)14-22-20(25)21(3)12-11-18(23(21)16(2)24)13-17-7-5-4-6-8-17/h4-12,18H,13-14H2,1-3H3,(H,22,25)/t18-,21+/m0/s1. The van der Waals surface area contributed by atoms with Crippen LogP contribution in [0.5, 0.6) is 0 Å². The van der Waals surface area contributed by atoms with Gasteiger partial charge in [-0.15, -0.1) is 0 Å². The third-order valence-electron chi connectivity index (χ3n) is 4.78. The van der Waals surface area contributed by atoms with Crippen molar-refractivity contribution in [3.05, 3.63) is 71.7 Å². The quantitative estimate of drug-likeness (QED) is 0.842. The fourth-order valence-electron chi connectivity index (χ4n) is 3.50. The van der Waals surface area contributed by atoms with E-state index in [0.29, 0.717) is 18.7 Å². The molecule has 2 atom stereocenters. The van der Waals surface area contributed by atoms with E-state index in [9.17, 15) is 9.59 Å². The summed E-state index contributed by atoms with van der Waals surface area (Å²) in [5.41, 5.74) is 0.122. The molecule has 5 heteroatoms. The molecule has 0 fully saturated rings. The predicted octanol–water partition coefficient (Wildman–Crippen LogP) is 2.99. The second kappa shape index (κ2) is 7.20. The summed E-state index contributed by atoms with van der Waals surface area (Å²) < 4.78 is 5.49. The van der Waals surface area contributed by atoms with Gasteiger partial charge in [0.25, 0.3) is 0 Å². The Bertz CT molecular complexity index is 825. The first-order valence-electron chi connectivity index (χ1n) is 8.77. The summed E-state index contributed by atoms with van der Waals surface area (Å²) in [5.74, 6) is 1.15. The molecule has 26 heavy (non-hydrogen) atoms. The molecule has 0 saturated heterocycles. The zero-order valence-electron chi connectivity index (χ0n) is 15.4. The van der Waals surface area contributed by atoms with Crippen molar-refractivity contribution in [3.8, 4) is 0 Å². The summed E-state index contributed by atoms with van der Waals surface area (Å²) in [6.45, 7) is 5.44. The average molecular weight is 352 g/mol. The largest absolute Gasteiger partial charge is 0.465 e. The van der Waals surface area contributed by atoms with E-state index in [1.165, 1.54) is 6.92 Å². The number of aryl methyl sites for hydroxylation is 1. The number of carbonyl (C=O) groups excluding carboxylic acids is 2. The van der Waals surface area contributed by atoms with Gasteiger partial charge >= 0.3 is 0 Å². The summed E-state index contributed by atoms with van der Waals surface area (Å²) >= 11 is 0. The number of amides is 2. The van der Waals surface area contributed by atoms with Crippen LogP contribution in [-0.2, 0) is 22.6 Å². The van der Waals surface area contributed by atoms with E-state index in [1.807, 2.05) is 61.5 Å². The van der Waals surface area contributed by atoms with E-state index in [0.717, 1.165) is 11.3 Å². The summed E-state index contributed by atoms with van der Waals surface area (Å²) in [4.78, 5) is 26.8. The Morgan fingerprint density at radius 1 is 1.19 bits per heavy atom. The summed E-state index contributed by atoms with van der Waals surface area (Å²) in [5, 5.41) is 2.89. The van der Waals surface area contributed by atoms with Crippen LogP contribution in [0.4, 0.5) is 0 Å². The van der Waals surface area contributed by atoms with Gasteiger partial charge < -0.3 is 14.6 Å². The van der Waals surface area contributed by atoms with Crippen LogP contribution >= 0.6 is 0 Å². The number of benzene rings is 1. The number of hydrogen-bond donors (Lipinski definition) is 1. The monoisotopic (exact) mass is 352 g/mol. The molecule has 0 spiro atoms. The van der Waals surface area contributed by atoms with E-state index in [2.05, 4.69) is 5.32 Å². The molecule has 5 nitrogen and oxygen atoms in total. The third-order valence-corrected chi connectivity index (χ3v) is 4.78. The lowest BCUT2D eigenvalue weighted by Crippen LogP contribution is -2.57. The smallest absolute Gasteiger partial charge is 0.250 e. The highest BCUT2D eigenvalue weighted by molar-refractivity contribution is 5.93. The van der Waals surface area contributed by atoms with Gasteiger partial charge in [0, 0.05) is 6.92 Å². The van der Waals surface area contributed by atoms with Crippen molar-refractivity contribution in [2.45, 2.75) is 45.3 Å². The Hall–Kier alpha value is -2.82. The van der Waals surface area contributed by atoms with Crippen LogP contribution in [-0.4, -0.2) is 28.3 Å². The van der Waals surface area contributed by atoms with Crippen molar-refractivity contribution in [1.82, 2.24) is 10.2 Å². The molecule has 2 amide bonds. The van der Waals surface area contributed by atoms with Gasteiger partial charge in [-0.3, -0.25) is 9.59 Å². The molecule has 2 aromatic rings. The molecule has 1 aromatic heterocycles. The van der Waals surface area contributed by atoms with Crippen molar-refractivity contribution in [1.29, 1.82) is 0 Å². The van der Waals surface area contributed by atoms with Gasteiger partial charge in [0.15, 0.2) is 0 Å². The van der Waals surface area contributed by atoms with Gasteiger partial charge in [0.2, 0.25) is 11.8 Å². The van der Waals surface area contributed by atoms with Crippen molar-refractivity contribution in [2.24, 2.45) is 0 Å². The van der Waals surface area contributed by atoms with Gasteiger partial charge in [-0.1, -0.05) is 42.5 Å². The second-order valence-corrected chi connectivity index (χ2v) is 6.85. The number of nitrogens with one attached hydrogen (secondary N) is 1. The normalized spacial score (nSPS) is 21.8.